The number of carbonyl (C=O) groups is 2. The number of hydrogen-bond donors (Lipinski definition) is 0. The minimum absolute atomic E-state index is 0.406. The van der Waals surface area contributed by atoms with Crippen molar-refractivity contribution in [3.05, 3.63) is 59.7 Å². The van der Waals surface area contributed by atoms with E-state index in [1.807, 2.05) is 0 Å². The molecule has 0 N–H and O–H groups in total. The molecule has 0 radical (unpaired) electrons. The number of ether oxygens (including phenoxy) is 4. The van der Waals surface area contributed by atoms with Crippen LogP contribution in [0.15, 0.2) is 48.5 Å². The van der Waals surface area contributed by atoms with Gasteiger partial charge in [0.15, 0.2) is 0 Å². The SMILES string of the molecule is COC(=O)c1ccc(OC(C)Oc2ccc(C(=O)OC)cc2)cc1. The van der Waals surface area contributed by atoms with Crippen molar-refractivity contribution in [2.24, 2.45) is 0 Å². The van der Waals surface area contributed by atoms with Gasteiger partial charge >= 0.3 is 11.9 Å². The molecule has 2 aromatic rings. The predicted molar refractivity (Wildman–Crippen MR) is 86.3 cm³/mol. The molecular weight excluding hydrogens is 312 g/mol. The Morgan fingerprint density at radius 3 is 1.33 bits per heavy atom. The van der Waals surface area contributed by atoms with E-state index in [9.17, 15) is 9.59 Å². The molecule has 0 aliphatic heterocycles. The first-order chi connectivity index (χ1) is 11.5. The maximum atomic E-state index is 11.4. The van der Waals surface area contributed by atoms with Gasteiger partial charge in [0.2, 0.25) is 6.29 Å². The highest BCUT2D eigenvalue weighted by Crippen LogP contribution is 2.18. The molecule has 0 atom stereocenters. The number of methoxy groups -OCH3 is 2. The largest absolute Gasteiger partial charge is 0.465 e. The Hall–Kier alpha value is -3.02. The Morgan fingerprint density at radius 1 is 0.708 bits per heavy atom. The van der Waals surface area contributed by atoms with Crippen molar-refractivity contribution >= 4 is 11.9 Å². The Labute approximate surface area is 139 Å². The van der Waals surface area contributed by atoms with Gasteiger partial charge in [0.05, 0.1) is 25.3 Å². The minimum atomic E-state index is -0.557. The van der Waals surface area contributed by atoms with Crippen LogP contribution in [0, 0.1) is 0 Å². The van der Waals surface area contributed by atoms with Crippen LogP contribution in [0.1, 0.15) is 27.6 Å². The number of carbonyl (C=O) groups excluding carboxylic acids is 2. The fourth-order valence-electron chi connectivity index (χ4n) is 1.98. The van der Waals surface area contributed by atoms with Crippen molar-refractivity contribution in [1.29, 1.82) is 0 Å². The first kappa shape index (κ1) is 17.3. The van der Waals surface area contributed by atoms with E-state index in [1.54, 1.807) is 55.5 Å². The van der Waals surface area contributed by atoms with Crippen LogP contribution in [0.25, 0.3) is 0 Å². The molecule has 24 heavy (non-hydrogen) atoms. The third-order valence-corrected chi connectivity index (χ3v) is 3.15. The quantitative estimate of drug-likeness (QED) is 0.599. The van der Waals surface area contributed by atoms with Crippen LogP contribution in [0.4, 0.5) is 0 Å². The Kier molecular flexibility index (Phi) is 5.78. The van der Waals surface area contributed by atoms with Crippen LogP contribution in [-0.2, 0) is 9.47 Å². The molecule has 0 fully saturated rings. The van der Waals surface area contributed by atoms with Gasteiger partial charge in [0, 0.05) is 6.92 Å². The fourth-order valence-corrected chi connectivity index (χ4v) is 1.98. The van der Waals surface area contributed by atoms with Crippen molar-refractivity contribution in [3.8, 4) is 11.5 Å². The monoisotopic (exact) mass is 330 g/mol. The van der Waals surface area contributed by atoms with Crippen LogP contribution in [0.2, 0.25) is 0 Å². The second-order valence-corrected chi connectivity index (χ2v) is 4.84. The van der Waals surface area contributed by atoms with Crippen LogP contribution < -0.4 is 9.47 Å². The summed E-state index contributed by atoms with van der Waals surface area (Å²) in [6.45, 7) is 1.74. The second-order valence-electron chi connectivity index (χ2n) is 4.84. The molecule has 126 valence electrons. The lowest BCUT2D eigenvalue weighted by Gasteiger charge is -2.17. The Bertz CT molecular complexity index is 629. The van der Waals surface area contributed by atoms with E-state index in [2.05, 4.69) is 9.47 Å². The first-order valence-electron chi connectivity index (χ1n) is 7.23. The average molecular weight is 330 g/mol. The highest BCUT2D eigenvalue weighted by molar-refractivity contribution is 5.89. The molecule has 0 saturated carbocycles. The van der Waals surface area contributed by atoms with Crippen molar-refractivity contribution in [1.82, 2.24) is 0 Å². The molecule has 6 heteroatoms. The lowest BCUT2D eigenvalue weighted by atomic mass is 10.2. The van der Waals surface area contributed by atoms with Crippen molar-refractivity contribution in [2.75, 3.05) is 14.2 Å². The van der Waals surface area contributed by atoms with Crippen molar-refractivity contribution in [2.45, 2.75) is 13.2 Å². The molecular formula is C18H18O6. The van der Waals surface area contributed by atoms with Crippen molar-refractivity contribution in [3.63, 3.8) is 0 Å². The fraction of sp³-hybridized carbons (Fsp3) is 0.222. The number of esters is 2. The molecule has 0 spiro atoms. The summed E-state index contributed by atoms with van der Waals surface area (Å²) in [5.74, 6) is 0.302. The third-order valence-electron chi connectivity index (χ3n) is 3.15. The zero-order valence-electron chi connectivity index (χ0n) is 13.6. The lowest BCUT2D eigenvalue weighted by Crippen LogP contribution is -2.19. The first-order valence-corrected chi connectivity index (χ1v) is 7.23. The maximum Gasteiger partial charge on any atom is 0.337 e. The molecule has 0 unspecified atom stereocenters. The standard InChI is InChI=1S/C18H18O6/c1-12(23-15-8-4-13(5-9-15)17(19)21-2)24-16-10-6-14(7-11-16)18(20)22-3/h4-12H,1-3H3. The summed E-state index contributed by atoms with van der Waals surface area (Å²) in [4.78, 5) is 22.7. The summed E-state index contributed by atoms with van der Waals surface area (Å²) in [6, 6.07) is 13.1. The van der Waals surface area contributed by atoms with Gasteiger partial charge in [-0.1, -0.05) is 0 Å². The summed E-state index contributed by atoms with van der Waals surface area (Å²) in [6.07, 6.45) is -0.557. The Morgan fingerprint density at radius 2 is 1.04 bits per heavy atom. The van der Waals surface area contributed by atoms with Crippen LogP contribution in [-0.4, -0.2) is 32.4 Å². The van der Waals surface area contributed by atoms with Crippen LogP contribution >= 0.6 is 0 Å². The molecule has 0 heterocycles. The zero-order chi connectivity index (χ0) is 17.5. The van der Waals surface area contributed by atoms with Gasteiger partial charge in [-0.15, -0.1) is 0 Å². The predicted octanol–water partition coefficient (Wildman–Crippen LogP) is 3.06. The second kappa shape index (κ2) is 8.01. The van der Waals surface area contributed by atoms with E-state index >= 15 is 0 Å². The molecule has 0 aliphatic carbocycles. The van der Waals surface area contributed by atoms with E-state index in [4.69, 9.17) is 9.47 Å². The summed E-state index contributed by atoms with van der Waals surface area (Å²) in [5.41, 5.74) is 0.883. The van der Waals surface area contributed by atoms with E-state index in [0.29, 0.717) is 22.6 Å². The smallest absolute Gasteiger partial charge is 0.337 e. The van der Waals surface area contributed by atoms with E-state index < -0.39 is 18.2 Å². The summed E-state index contributed by atoms with van der Waals surface area (Å²) < 4.78 is 20.5. The number of hydrogen-bond acceptors (Lipinski definition) is 6. The van der Waals surface area contributed by atoms with Gasteiger partial charge in [0.25, 0.3) is 0 Å². The van der Waals surface area contributed by atoms with Gasteiger partial charge in [-0.25, -0.2) is 9.59 Å². The highest BCUT2D eigenvalue weighted by Gasteiger charge is 2.10. The van der Waals surface area contributed by atoms with E-state index in [-0.39, 0.29) is 0 Å². The molecule has 0 amide bonds. The zero-order valence-corrected chi connectivity index (χ0v) is 13.6. The molecule has 2 rings (SSSR count). The van der Waals surface area contributed by atoms with Gasteiger partial charge < -0.3 is 18.9 Å². The molecule has 0 aromatic heterocycles. The van der Waals surface area contributed by atoms with Crippen LogP contribution in [0.3, 0.4) is 0 Å². The van der Waals surface area contributed by atoms with Gasteiger partial charge in [-0.05, 0) is 48.5 Å². The van der Waals surface area contributed by atoms with Gasteiger partial charge in [-0.2, -0.15) is 0 Å². The van der Waals surface area contributed by atoms with E-state index in [1.165, 1.54) is 14.2 Å². The minimum Gasteiger partial charge on any atom is -0.465 e. The Balaban J connectivity index is 1.94. The number of rotatable bonds is 6. The van der Waals surface area contributed by atoms with Crippen LogP contribution in [0.5, 0.6) is 11.5 Å². The normalized spacial score (nSPS) is 10.2. The molecule has 0 bridgehead atoms. The lowest BCUT2D eigenvalue weighted by molar-refractivity contribution is 0.0223. The molecule has 2 aromatic carbocycles. The average Bonchev–Trinajstić information content (AvgIpc) is 2.61. The highest BCUT2D eigenvalue weighted by atomic mass is 16.7. The number of benzene rings is 2. The van der Waals surface area contributed by atoms with Crippen molar-refractivity contribution < 1.29 is 28.5 Å². The molecule has 0 aliphatic rings. The van der Waals surface area contributed by atoms with Gasteiger partial charge in [-0.3, -0.25) is 0 Å². The van der Waals surface area contributed by atoms with Gasteiger partial charge in [0.1, 0.15) is 11.5 Å². The third kappa shape index (κ3) is 4.49. The summed E-state index contributed by atoms with van der Waals surface area (Å²) in [7, 11) is 2.66. The summed E-state index contributed by atoms with van der Waals surface area (Å²) in [5, 5.41) is 0. The molecule has 6 nitrogen and oxygen atoms in total. The maximum absolute atomic E-state index is 11.4. The van der Waals surface area contributed by atoms with E-state index in [0.717, 1.165) is 0 Å². The molecule has 0 saturated heterocycles. The topological polar surface area (TPSA) is 71.1 Å². The summed E-state index contributed by atoms with van der Waals surface area (Å²) >= 11 is 0.